The molecule has 1 unspecified atom stereocenters. The van der Waals surface area contributed by atoms with Gasteiger partial charge in [-0.15, -0.1) is 0 Å². The molecule has 21 heteroatoms. The molecule has 0 saturated carbocycles. The predicted octanol–water partition coefficient (Wildman–Crippen LogP) is 2.38. The minimum absolute atomic E-state index is 0. The Hall–Kier alpha value is -0.210. The SMILES string of the molecule is O=S(=O)([O-])C(F)(F)C(F)(F)C(F)(F)C(F)(F)C(F)(F)C(F)(F)C(F)CCCC(F)(F)F.[Na+]. The Morgan fingerprint density at radius 2 is 1.00 bits per heavy atom. The van der Waals surface area contributed by atoms with Crippen LogP contribution in [0.1, 0.15) is 19.3 Å². The molecule has 0 N–H and O–H groups in total. The number of hydrogen-bond acceptors (Lipinski definition) is 3. The van der Waals surface area contributed by atoms with Gasteiger partial charge in [-0.2, -0.15) is 65.9 Å². The van der Waals surface area contributed by atoms with Gasteiger partial charge in [-0.05, 0) is 12.8 Å². The summed E-state index contributed by atoms with van der Waals surface area (Å²) in [6.45, 7) is 0. The van der Waals surface area contributed by atoms with Gasteiger partial charge in [-0.3, -0.25) is 0 Å². The number of halogens is 16. The third-order valence-electron chi connectivity index (χ3n) is 3.59. The van der Waals surface area contributed by atoms with E-state index in [0.29, 0.717) is 0 Å². The van der Waals surface area contributed by atoms with E-state index < -0.39 is 76.6 Å². The molecule has 0 rings (SSSR count). The summed E-state index contributed by atoms with van der Waals surface area (Å²) in [6, 6.07) is 0. The van der Waals surface area contributed by atoms with Crippen molar-refractivity contribution >= 4 is 10.1 Å². The van der Waals surface area contributed by atoms with E-state index in [9.17, 15) is 83.2 Å². The fourth-order valence-corrected chi connectivity index (χ4v) is 2.25. The Balaban J connectivity index is 0. The molecule has 0 aromatic rings. The van der Waals surface area contributed by atoms with Crippen LogP contribution in [0.3, 0.4) is 0 Å². The molecular weight excluding hydrogens is 539 g/mol. The van der Waals surface area contributed by atoms with Gasteiger partial charge in [0, 0.05) is 6.42 Å². The van der Waals surface area contributed by atoms with E-state index in [4.69, 9.17) is 0 Å². The molecule has 1 atom stereocenters. The Morgan fingerprint density at radius 1 is 0.656 bits per heavy atom. The Labute approximate surface area is 189 Å². The van der Waals surface area contributed by atoms with Crippen molar-refractivity contribution in [1.82, 2.24) is 0 Å². The number of alkyl halides is 16. The van der Waals surface area contributed by atoms with Gasteiger partial charge in [-0.25, -0.2) is 12.8 Å². The zero-order valence-electron chi connectivity index (χ0n) is 14.9. The molecular formula is C11H7F16NaO3S. The van der Waals surface area contributed by atoms with Gasteiger partial charge in [-0.1, -0.05) is 0 Å². The summed E-state index contributed by atoms with van der Waals surface area (Å²) in [5.41, 5.74) is 0. The van der Waals surface area contributed by atoms with Crippen LogP contribution in [0, 0.1) is 0 Å². The summed E-state index contributed by atoms with van der Waals surface area (Å²) >= 11 is 0. The minimum Gasteiger partial charge on any atom is -0.743 e. The van der Waals surface area contributed by atoms with Crippen LogP contribution in [-0.2, 0) is 10.1 Å². The number of rotatable bonds is 10. The van der Waals surface area contributed by atoms with E-state index >= 15 is 0 Å². The fourth-order valence-electron chi connectivity index (χ4n) is 1.80. The van der Waals surface area contributed by atoms with Crippen molar-refractivity contribution in [3.63, 3.8) is 0 Å². The monoisotopic (exact) mass is 546 g/mol. The van der Waals surface area contributed by atoms with E-state index in [-0.39, 0.29) is 29.6 Å². The quantitative estimate of drug-likeness (QED) is 0.241. The van der Waals surface area contributed by atoms with Crippen molar-refractivity contribution in [2.75, 3.05) is 0 Å². The molecule has 0 amide bonds. The second-order valence-corrected chi connectivity index (χ2v) is 7.29. The summed E-state index contributed by atoms with van der Waals surface area (Å²) in [7, 11) is -7.99. The van der Waals surface area contributed by atoms with Crippen molar-refractivity contribution in [1.29, 1.82) is 0 Å². The van der Waals surface area contributed by atoms with Crippen molar-refractivity contribution in [2.45, 2.75) is 66.5 Å². The predicted molar refractivity (Wildman–Crippen MR) is 64.2 cm³/mol. The van der Waals surface area contributed by atoms with Gasteiger partial charge in [0.05, 0.1) is 0 Å². The third kappa shape index (κ3) is 5.54. The molecule has 0 heterocycles. The van der Waals surface area contributed by atoms with Gasteiger partial charge in [0.2, 0.25) is 0 Å². The van der Waals surface area contributed by atoms with Gasteiger partial charge in [0.25, 0.3) is 0 Å². The second kappa shape index (κ2) is 9.44. The molecule has 0 spiro atoms. The molecule has 3 nitrogen and oxygen atoms in total. The molecule has 0 aromatic heterocycles. The smallest absolute Gasteiger partial charge is 0.743 e. The first-order valence-corrected chi connectivity index (χ1v) is 8.47. The maximum Gasteiger partial charge on any atom is 1.00 e. The van der Waals surface area contributed by atoms with Crippen molar-refractivity contribution in [3.8, 4) is 0 Å². The summed E-state index contributed by atoms with van der Waals surface area (Å²) in [6.07, 6.45) is -16.3. The van der Waals surface area contributed by atoms with Gasteiger partial charge < -0.3 is 4.55 Å². The summed E-state index contributed by atoms with van der Waals surface area (Å²) < 4.78 is 237. The van der Waals surface area contributed by atoms with Crippen molar-refractivity contribution in [2.24, 2.45) is 0 Å². The normalized spacial score (nSPS) is 16.5. The first kappa shape index (κ1) is 34.0. The van der Waals surface area contributed by atoms with Crippen LogP contribution < -0.4 is 29.6 Å². The third-order valence-corrected chi connectivity index (χ3v) is 4.48. The van der Waals surface area contributed by atoms with E-state index in [0.717, 1.165) is 0 Å². The molecule has 0 fully saturated rings. The maximum atomic E-state index is 13.4. The zero-order valence-corrected chi connectivity index (χ0v) is 17.7. The van der Waals surface area contributed by atoms with Gasteiger partial charge in [0.15, 0.2) is 16.3 Å². The number of hydrogen-bond donors (Lipinski definition) is 0. The molecule has 0 aromatic carbocycles. The zero-order chi connectivity index (χ0) is 25.7. The van der Waals surface area contributed by atoms with Gasteiger partial charge in [0.1, 0.15) is 0 Å². The molecule has 0 radical (unpaired) electrons. The molecule has 0 aliphatic heterocycles. The Kier molecular flexibility index (Phi) is 10.0. The standard InChI is InChI=1S/C11H8F16O3S.Na/c12-4(2-1-3-5(13,14)15)6(16,17)7(18,19)8(20,21)9(22,23)10(24,25)11(26,27)31(28,29)30;/h4H,1-3H2,(H,28,29,30);/q;+1/p-1. The Morgan fingerprint density at radius 3 is 1.31 bits per heavy atom. The minimum atomic E-state index is -8.43. The first-order valence-electron chi connectivity index (χ1n) is 7.06. The van der Waals surface area contributed by atoms with Crippen LogP contribution in [-0.4, -0.2) is 60.2 Å². The molecule has 32 heavy (non-hydrogen) atoms. The van der Waals surface area contributed by atoms with Crippen LogP contribution in [0.2, 0.25) is 0 Å². The largest absolute Gasteiger partial charge is 1.00 e. The van der Waals surface area contributed by atoms with Crippen LogP contribution in [0.25, 0.3) is 0 Å². The second-order valence-electron chi connectivity index (χ2n) is 5.87. The van der Waals surface area contributed by atoms with Crippen molar-refractivity contribution in [3.05, 3.63) is 0 Å². The van der Waals surface area contributed by atoms with Crippen molar-refractivity contribution < 1.29 is 113 Å². The first-order chi connectivity index (χ1) is 13.1. The van der Waals surface area contributed by atoms with Crippen LogP contribution >= 0.6 is 0 Å². The average Bonchev–Trinajstić information content (AvgIpc) is 2.51. The molecule has 0 bridgehead atoms. The van der Waals surface area contributed by atoms with Crippen LogP contribution in [0.4, 0.5) is 70.2 Å². The maximum absolute atomic E-state index is 13.4. The molecule has 188 valence electrons. The molecule has 0 aliphatic carbocycles. The van der Waals surface area contributed by atoms with E-state index in [2.05, 4.69) is 0 Å². The summed E-state index contributed by atoms with van der Waals surface area (Å²) in [5, 5.41) is -7.75. The van der Waals surface area contributed by atoms with Crippen LogP contribution in [0.5, 0.6) is 0 Å². The van der Waals surface area contributed by atoms with Gasteiger partial charge >= 0.3 is 70.6 Å². The van der Waals surface area contributed by atoms with Crippen LogP contribution in [0.15, 0.2) is 0 Å². The average molecular weight is 546 g/mol. The molecule has 0 saturated heterocycles. The topological polar surface area (TPSA) is 57.2 Å². The fraction of sp³-hybridized carbons (Fsp3) is 1.00. The van der Waals surface area contributed by atoms with E-state index in [1.54, 1.807) is 0 Å². The Bertz CT molecular complexity index is 747. The van der Waals surface area contributed by atoms with E-state index in [1.165, 1.54) is 0 Å². The van der Waals surface area contributed by atoms with E-state index in [1.807, 2.05) is 0 Å². The molecule has 0 aliphatic rings. The summed E-state index contributed by atoms with van der Waals surface area (Å²) in [5.74, 6) is -40.2. The summed E-state index contributed by atoms with van der Waals surface area (Å²) in [4.78, 5) is 0.